The average Bonchev–Trinajstić information content (AvgIpc) is 2.93. The lowest BCUT2D eigenvalue weighted by Crippen LogP contribution is -2.14. The molecule has 0 aliphatic rings. The van der Waals surface area contributed by atoms with Gasteiger partial charge < -0.3 is 20.3 Å². The molecule has 0 fully saturated rings. The van der Waals surface area contributed by atoms with E-state index in [0.717, 1.165) is 5.56 Å². The van der Waals surface area contributed by atoms with Crippen LogP contribution in [0.25, 0.3) is 0 Å². The smallest absolute Gasteiger partial charge is 0.232 e. The summed E-state index contributed by atoms with van der Waals surface area (Å²) in [5.74, 6) is 0.181. The van der Waals surface area contributed by atoms with Crippen molar-refractivity contribution in [1.29, 1.82) is 0 Å². The van der Waals surface area contributed by atoms with E-state index in [1.165, 1.54) is 0 Å². The lowest BCUT2D eigenvalue weighted by atomic mass is 10.2. The summed E-state index contributed by atoms with van der Waals surface area (Å²) < 4.78 is 5.01. The summed E-state index contributed by atoms with van der Waals surface area (Å²) in [4.78, 5) is 22.0. The Labute approximate surface area is 120 Å². The van der Waals surface area contributed by atoms with Crippen molar-refractivity contribution in [1.82, 2.24) is 10.5 Å². The Kier molecular flexibility index (Phi) is 5.05. The van der Waals surface area contributed by atoms with Crippen LogP contribution < -0.4 is 10.6 Å². The number of aliphatic hydroxyl groups is 1. The first-order chi connectivity index (χ1) is 10.2. The van der Waals surface area contributed by atoms with Crippen molar-refractivity contribution in [3.63, 3.8) is 0 Å². The molecule has 0 bridgehead atoms. The number of anilines is 1. The number of carbonyl (C=O) groups is 2. The molecule has 0 atom stereocenters. The fourth-order valence-electron chi connectivity index (χ4n) is 1.73. The number of aliphatic hydroxyl groups excluding tert-OH is 1. The fourth-order valence-corrected chi connectivity index (χ4v) is 1.73. The minimum atomic E-state index is -0.238. The molecule has 0 aliphatic heterocycles. The molecule has 7 heteroatoms. The first-order valence-corrected chi connectivity index (χ1v) is 6.32. The van der Waals surface area contributed by atoms with Gasteiger partial charge in [-0.2, -0.15) is 0 Å². The third kappa shape index (κ3) is 4.43. The molecule has 21 heavy (non-hydrogen) atoms. The van der Waals surface area contributed by atoms with Crippen molar-refractivity contribution < 1.29 is 19.2 Å². The van der Waals surface area contributed by atoms with E-state index in [1.807, 2.05) is 0 Å². The zero-order valence-electron chi connectivity index (χ0n) is 11.2. The van der Waals surface area contributed by atoms with E-state index in [4.69, 9.17) is 9.63 Å². The molecule has 7 nitrogen and oxygen atoms in total. The Hall–Kier alpha value is -2.67. The van der Waals surface area contributed by atoms with Gasteiger partial charge in [0.15, 0.2) is 0 Å². The summed E-state index contributed by atoms with van der Waals surface area (Å²) in [5, 5.41) is 17.8. The molecule has 0 radical (unpaired) electrons. The van der Waals surface area contributed by atoms with Gasteiger partial charge in [-0.25, -0.2) is 0 Å². The quantitative estimate of drug-likeness (QED) is 0.647. The lowest BCUT2D eigenvalue weighted by molar-refractivity contribution is -0.116. The van der Waals surface area contributed by atoms with Crippen LogP contribution in [0.2, 0.25) is 0 Å². The Bertz CT molecular complexity index is 607. The van der Waals surface area contributed by atoms with Crippen LogP contribution in [0.3, 0.4) is 0 Å². The Morgan fingerprint density at radius 2 is 2.10 bits per heavy atom. The van der Waals surface area contributed by atoms with E-state index in [1.54, 1.807) is 30.3 Å². The highest BCUT2D eigenvalue weighted by atomic mass is 16.5. The van der Waals surface area contributed by atoms with Gasteiger partial charge in [-0.05, 0) is 17.7 Å². The van der Waals surface area contributed by atoms with Crippen molar-refractivity contribution in [2.45, 2.75) is 19.6 Å². The van der Waals surface area contributed by atoms with Crippen LogP contribution in [0.1, 0.15) is 17.0 Å². The van der Waals surface area contributed by atoms with Gasteiger partial charge in [0.05, 0.1) is 19.6 Å². The standard InChI is InChI=1S/C14H15N3O4/c18-8-10-1-3-11(4-2-10)16-14(20)6-13-5-12(17-21-13)7-15-9-19/h1-5,9,18H,6-8H2,(H,15,19)(H,16,20). The Morgan fingerprint density at radius 3 is 2.76 bits per heavy atom. The number of nitrogens with zero attached hydrogens (tertiary/aromatic N) is 1. The zero-order chi connectivity index (χ0) is 15.1. The number of aromatic nitrogens is 1. The average molecular weight is 289 g/mol. The number of hydrogen-bond acceptors (Lipinski definition) is 5. The van der Waals surface area contributed by atoms with Gasteiger partial charge in [0.2, 0.25) is 12.3 Å². The van der Waals surface area contributed by atoms with Crippen molar-refractivity contribution >= 4 is 18.0 Å². The molecule has 1 aromatic heterocycles. The van der Waals surface area contributed by atoms with E-state index in [-0.39, 0.29) is 25.5 Å². The van der Waals surface area contributed by atoms with E-state index in [9.17, 15) is 9.59 Å². The first-order valence-electron chi connectivity index (χ1n) is 6.32. The molecule has 0 saturated heterocycles. The maximum atomic E-state index is 11.8. The van der Waals surface area contributed by atoms with Crippen molar-refractivity contribution in [2.75, 3.05) is 5.32 Å². The molecule has 2 amide bonds. The van der Waals surface area contributed by atoms with Crippen LogP contribution >= 0.6 is 0 Å². The minimum absolute atomic E-state index is 0.0378. The molecule has 1 heterocycles. The molecule has 110 valence electrons. The topological polar surface area (TPSA) is 104 Å². The van der Waals surface area contributed by atoms with Crippen LogP contribution in [0.4, 0.5) is 5.69 Å². The second-order valence-corrected chi connectivity index (χ2v) is 4.36. The summed E-state index contributed by atoms with van der Waals surface area (Å²) in [6.07, 6.45) is 0.618. The van der Waals surface area contributed by atoms with E-state index in [2.05, 4.69) is 15.8 Å². The van der Waals surface area contributed by atoms with Gasteiger partial charge in [0.25, 0.3) is 0 Å². The van der Waals surface area contributed by atoms with Crippen LogP contribution in [0, 0.1) is 0 Å². The highest BCUT2D eigenvalue weighted by Gasteiger charge is 2.09. The summed E-state index contributed by atoms with van der Waals surface area (Å²) in [6, 6.07) is 8.50. The molecule has 2 rings (SSSR count). The summed E-state index contributed by atoms with van der Waals surface area (Å²) >= 11 is 0. The van der Waals surface area contributed by atoms with Crippen LogP contribution in [-0.4, -0.2) is 22.6 Å². The molecule has 2 aromatic rings. The molecule has 0 saturated carbocycles. The predicted molar refractivity (Wildman–Crippen MR) is 74.1 cm³/mol. The first kappa shape index (κ1) is 14.7. The Morgan fingerprint density at radius 1 is 1.33 bits per heavy atom. The molecule has 0 unspecified atom stereocenters. The predicted octanol–water partition coefficient (Wildman–Crippen LogP) is 0.594. The van der Waals surface area contributed by atoms with Crippen LogP contribution in [0.15, 0.2) is 34.9 Å². The third-order valence-corrected chi connectivity index (χ3v) is 2.73. The molecule has 1 aromatic carbocycles. The zero-order valence-corrected chi connectivity index (χ0v) is 11.2. The summed E-state index contributed by atoms with van der Waals surface area (Å²) in [6.45, 7) is 0.223. The molecular weight excluding hydrogens is 274 g/mol. The van der Waals surface area contributed by atoms with Crippen molar-refractivity contribution in [3.05, 3.63) is 47.3 Å². The van der Waals surface area contributed by atoms with Gasteiger partial charge in [-0.1, -0.05) is 17.3 Å². The van der Waals surface area contributed by atoms with Crippen LogP contribution in [0.5, 0.6) is 0 Å². The highest BCUT2D eigenvalue weighted by Crippen LogP contribution is 2.11. The van der Waals surface area contributed by atoms with E-state index >= 15 is 0 Å². The number of amides is 2. The van der Waals surface area contributed by atoms with Gasteiger partial charge >= 0.3 is 0 Å². The van der Waals surface area contributed by atoms with Gasteiger partial charge in [-0.15, -0.1) is 0 Å². The molecule has 0 spiro atoms. The largest absolute Gasteiger partial charge is 0.392 e. The molecule has 0 aliphatic carbocycles. The van der Waals surface area contributed by atoms with Crippen molar-refractivity contribution in [2.24, 2.45) is 0 Å². The minimum Gasteiger partial charge on any atom is -0.392 e. The fraction of sp³-hybridized carbons (Fsp3) is 0.214. The van der Waals surface area contributed by atoms with Crippen molar-refractivity contribution in [3.8, 4) is 0 Å². The number of benzene rings is 1. The van der Waals surface area contributed by atoms with Gasteiger partial charge in [0, 0.05) is 11.8 Å². The normalized spacial score (nSPS) is 10.1. The maximum absolute atomic E-state index is 11.8. The van der Waals surface area contributed by atoms with E-state index in [0.29, 0.717) is 23.6 Å². The summed E-state index contributed by atoms with van der Waals surface area (Å²) in [7, 11) is 0. The van der Waals surface area contributed by atoms with Gasteiger partial charge in [-0.3, -0.25) is 9.59 Å². The second-order valence-electron chi connectivity index (χ2n) is 4.36. The molecule has 3 N–H and O–H groups in total. The lowest BCUT2D eigenvalue weighted by Gasteiger charge is -2.04. The SMILES string of the molecule is O=CNCc1cc(CC(=O)Nc2ccc(CO)cc2)on1. The number of hydrogen-bond donors (Lipinski definition) is 3. The van der Waals surface area contributed by atoms with Gasteiger partial charge in [0.1, 0.15) is 11.5 Å². The Balaban J connectivity index is 1.88. The maximum Gasteiger partial charge on any atom is 0.232 e. The number of carbonyl (C=O) groups excluding carboxylic acids is 2. The number of nitrogens with one attached hydrogen (secondary N) is 2. The molecular formula is C14H15N3O4. The second kappa shape index (κ2) is 7.20. The highest BCUT2D eigenvalue weighted by molar-refractivity contribution is 5.91. The number of rotatable bonds is 7. The van der Waals surface area contributed by atoms with E-state index < -0.39 is 0 Å². The summed E-state index contributed by atoms with van der Waals surface area (Å²) in [5.41, 5.74) is 1.97. The monoisotopic (exact) mass is 289 g/mol. The third-order valence-electron chi connectivity index (χ3n) is 2.73. The van der Waals surface area contributed by atoms with Crippen LogP contribution in [-0.2, 0) is 29.2 Å².